The number of alkyl carbamates (subject to hydrolysis) is 1. The molecule has 0 aliphatic heterocycles. The molecule has 0 fully saturated rings. The van der Waals surface area contributed by atoms with E-state index in [1.165, 1.54) is 13.8 Å². The van der Waals surface area contributed by atoms with Crippen molar-refractivity contribution >= 4 is 12.1 Å². The van der Waals surface area contributed by atoms with E-state index < -0.39 is 23.7 Å². The first-order valence-corrected chi connectivity index (χ1v) is 8.81. The maximum Gasteiger partial charge on any atom is 1.00 e. The van der Waals surface area contributed by atoms with Crippen LogP contribution in [0, 0.1) is 0 Å². The molecule has 2 aromatic rings. The second kappa shape index (κ2) is 9.09. The summed E-state index contributed by atoms with van der Waals surface area (Å²) < 4.78 is 5.31. The van der Waals surface area contributed by atoms with Crippen LogP contribution in [0.5, 0.6) is 0 Å². The minimum absolute atomic E-state index is 0. The SMILES string of the molecule is CC(C)(O)CC(NC(=O)OCC1c2ccccc2-c2ccccc21)C(=O)[O-].[Na+]. The van der Waals surface area contributed by atoms with Crippen molar-refractivity contribution in [1.29, 1.82) is 0 Å². The van der Waals surface area contributed by atoms with Crippen LogP contribution in [0.25, 0.3) is 11.1 Å². The summed E-state index contributed by atoms with van der Waals surface area (Å²) in [4.78, 5) is 23.3. The molecule has 0 spiro atoms. The van der Waals surface area contributed by atoms with E-state index in [4.69, 9.17) is 4.74 Å². The van der Waals surface area contributed by atoms with Gasteiger partial charge in [-0.3, -0.25) is 0 Å². The largest absolute Gasteiger partial charge is 1.00 e. The Hall–Kier alpha value is -1.86. The molecular weight excluding hydrogens is 369 g/mol. The average molecular weight is 391 g/mol. The molecule has 1 atom stereocenters. The molecule has 28 heavy (non-hydrogen) atoms. The van der Waals surface area contributed by atoms with Crippen LogP contribution < -0.4 is 40.0 Å². The maximum absolute atomic E-state index is 12.1. The van der Waals surface area contributed by atoms with Gasteiger partial charge in [-0.25, -0.2) is 4.79 Å². The molecule has 1 aliphatic rings. The van der Waals surface area contributed by atoms with Crippen molar-refractivity contribution in [1.82, 2.24) is 5.32 Å². The number of rotatable bonds is 6. The third kappa shape index (κ3) is 5.14. The maximum atomic E-state index is 12.1. The predicted molar refractivity (Wildman–Crippen MR) is 97.9 cm³/mol. The number of fused-ring (bicyclic) bond motifs is 3. The molecule has 1 aliphatic carbocycles. The molecule has 0 saturated carbocycles. The van der Waals surface area contributed by atoms with Crippen LogP contribution >= 0.6 is 0 Å². The molecule has 1 unspecified atom stereocenters. The zero-order valence-corrected chi connectivity index (χ0v) is 18.3. The van der Waals surface area contributed by atoms with E-state index >= 15 is 0 Å². The Morgan fingerprint density at radius 2 is 1.61 bits per heavy atom. The summed E-state index contributed by atoms with van der Waals surface area (Å²) in [5, 5.41) is 23.3. The molecule has 0 saturated heterocycles. The second-order valence-electron chi connectivity index (χ2n) is 7.36. The third-order valence-corrected chi connectivity index (χ3v) is 4.62. The first-order chi connectivity index (χ1) is 12.8. The molecule has 7 heteroatoms. The first kappa shape index (κ1) is 22.4. The minimum atomic E-state index is -1.47. The standard InChI is InChI=1S/C21H23NO5.Na/c1-21(2,26)11-18(19(23)24)22-20(25)27-12-17-15-9-5-3-7-13(15)14-8-4-6-10-16(14)17;/h3-10,17-18,26H,11-12H2,1-2H3,(H,22,25)(H,23,24);/q;+1/p-1. The fraction of sp³-hybridized carbons (Fsp3) is 0.333. The van der Waals surface area contributed by atoms with Gasteiger partial charge >= 0.3 is 35.7 Å². The number of aliphatic hydroxyl groups is 1. The van der Waals surface area contributed by atoms with Crippen molar-refractivity contribution in [3.63, 3.8) is 0 Å². The Balaban J connectivity index is 0.00000280. The van der Waals surface area contributed by atoms with Crippen LogP contribution in [0.4, 0.5) is 4.79 Å². The fourth-order valence-corrected chi connectivity index (χ4v) is 3.48. The molecule has 142 valence electrons. The van der Waals surface area contributed by atoms with Gasteiger partial charge in [0.05, 0.1) is 17.6 Å². The number of carboxylic acid groups (broad SMARTS) is 1. The summed E-state index contributed by atoms with van der Waals surface area (Å²) in [5.41, 5.74) is 3.09. The summed E-state index contributed by atoms with van der Waals surface area (Å²) in [6, 6.07) is 14.5. The molecular formula is C21H22NNaO5. The van der Waals surface area contributed by atoms with Crippen LogP contribution in [0.15, 0.2) is 48.5 Å². The number of carbonyl (C=O) groups is 2. The van der Waals surface area contributed by atoms with E-state index in [0.29, 0.717) is 0 Å². The van der Waals surface area contributed by atoms with Crippen molar-refractivity contribution < 1.29 is 54.1 Å². The summed E-state index contributed by atoms with van der Waals surface area (Å²) >= 11 is 0. The van der Waals surface area contributed by atoms with E-state index in [1.807, 2.05) is 48.5 Å². The number of ether oxygens (including phenoxy) is 1. The van der Waals surface area contributed by atoms with Crippen molar-refractivity contribution in [2.45, 2.75) is 37.8 Å². The number of carbonyl (C=O) groups excluding carboxylic acids is 2. The van der Waals surface area contributed by atoms with Gasteiger partial charge in [-0.1, -0.05) is 48.5 Å². The number of amides is 1. The summed E-state index contributed by atoms with van der Waals surface area (Å²) in [6.45, 7) is 3.01. The number of benzene rings is 2. The van der Waals surface area contributed by atoms with Crippen LogP contribution in [-0.4, -0.2) is 35.4 Å². The molecule has 0 bridgehead atoms. The minimum Gasteiger partial charge on any atom is -0.548 e. The van der Waals surface area contributed by atoms with Crippen molar-refractivity contribution in [2.75, 3.05) is 6.61 Å². The summed E-state index contributed by atoms with van der Waals surface area (Å²) in [7, 11) is 0. The smallest absolute Gasteiger partial charge is 0.548 e. The topological polar surface area (TPSA) is 98.7 Å². The molecule has 2 N–H and O–H groups in total. The van der Waals surface area contributed by atoms with Crippen LogP contribution in [0.3, 0.4) is 0 Å². The normalized spacial score (nSPS) is 13.7. The average Bonchev–Trinajstić information content (AvgIpc) is 2.92. The van der Waals surface area contributed by atoms with Gasteiger partial charge in [0, 0.05) is 12.3 Å². The monoisotopic (exact) mass is 391 g/mol. The Kier molecular flexibility index (Phi) is 7.28. The Morgan fingerprint density at radius 1 is 1.11 bits per heavy atom. The second-order valence-corrected chi connectivity index (χ2v) is 7.36. The van der Waals surface area contributed by atoms with Gasteiger partial charge in [-0.2, -0.15) is 0 Å². The zero-order chi connectivity index (χ0) is 19.6. The van der Waals surface area contributed by atoms with Crippen molar-refractivity contribution in [3.05, 3.63) is 59.7 Å². The van der Waals surface area contributed by atoms with Crippen LogP contribution in [-0.2, 0) is 9.53 Å². The van der Waals surface area contributed by atoms with Gasteiger partial charge in [-0.15, -0.1) is 0 Å². The third-order valence-electron chi connectivity index (χ3n) is 4.62. The van der Waals surface area contributed by atoms with Crippen LogP contribution in [0.2, 0.25) is 0 Å². The molecule has 2 aromatic carbocycles. The summed E-state index contributed by atoms with van der Waals surface area (Å²) in [5.74, 6) is -1.58. The zero-order valence-electron chi connectivity index (χ0n) is 16.3. The van der Waals surface area contributed by atoms with Gasteiger partial charge in [-0.05, 0) is 36.1 Å². The van der Waals surface area contributed by atoms with Gasteiger partial charge in [0.1, 0.15) is 6.61 Å². The number of carboxylic acids is 1. The Morgan fingerprint density at radius 3 is 2.07 bits per heavy atom. The van der Waals surface area contributed by atoms with Gasteiger partial charge in [0.15, 0.2) is 0 Å². The van der Waals surface area contributed by atoms with E-state index in [1.54, 1.807) is 0 Å². The number of nitrogens with one attached hydrogen (secondary N) is 1. The molecule has 0 heterocycles. The van der Waals surface area contributed by atoms with E-state index in [-0.39, 0.29) is 48.5 Å². The van der Waals surface area contributed by atoms with E-state index in [9.17, 15) is 19.8 Å². The summed E-state index contributed by atoms with van der Waals surface area (Å²) in [6.07, 6.45) is -1.03. The first-order valence-electron chi connectivity index (χ1n) is 8.81. The van der Waals surface area contributed by atoms with Gasteiger partial charge < -0.3 is 25.1 Å². The van der Waals surface area contributed by atoms with Crippen molar-refractivity contribution in [3.8, 4) is 11.1 Å². The van der Waals surface area contributed by atoms with Gasteiger partial charge in [0.2, 0.25) is 0 Å². The van der Waals surface area contributed by atoms with Crippen LogP contribution in [0.1, 0.15) is 37.3 Å². The molecule has 0 aromatic heterocycles. The van der Waals surface area contributed by atoms with Gasteiger partial charge in [0.25, 0.3) is 0 Å². The predicted octanol–water partition coefficient (Wildman–Crippen LogP) is -1.19. The number of aliphatic carboxylic acids is 1. The molecule has 0 radical (unpaired) electrons. The van der Waals surface area contributed by atoms with Crippen molar-refractivity contribution in [2.24, 2.45) is 0 Å². The molecule has 1 amide bonds. The van der Waals surface area contributed by atoms with E-state index in [2.05, 4.69) is 5.32 Å². The Labute approximate surface area is 186 Å². The molecule has 3 rings (SSSR count). The quantitative estimate of drug-likeness (QED) is 0.604. The number of hydrogen-bond donors (Lipinski definition) is 2. The Bertz CT molecular complexity index is 816. The van der Waals surface area contributed by atoms with E-state index in [0.717, 1.165) is 22.3 Å². The molecule has 6 nitrogen and oxygen atoms in total. The number of hydrogen-bond acceptors (Lipinski definition) is 5. The fourth-order valence-electron chi connectivity index (χ4n) is 3.48.